The van der Waals surface area contributed by atoms with Gasteiger partial charge in [0.1, 0.15) is 0 Å². The number of hydrogen-bond donors (Lipinski definition) is 1. The van der Waals surface area contributed by atoms with Crippen molar-refractivity contribution >= 4 is 11.8 Å². The summed E-state index contributed by atoms with van der Waals surface area (Å²) in [6.07, 6.45) is 8.94. The monoisotopic (exact) mass is 277 g/mol. The SMILES string of the molecule is CC1CCCC(CO)(N2C(=O)[C@H]3CC=CC[C@H]3C2=O)C1. The lowest BCUT2D eigenvalue weighted by molar-refractivity contribution is -0.152. The number of imide groups is 1. The van der Waals surface area contributed by atoms with Crippen molar-refractivity contribution in [3.63, 3.8) is 0 Å². The predicted molar refractivity (Wildman–Crippen MR) is 74.7 cm³/mol. The van der Waals surface area contributed by atoms with E-state index in [1.54, 1.807) is 0 Å². The molecule has 1 aliphatic heterocycles. The number of rotatable bonds is 2. The number of fused-ring (bicyclic) bond motifs is 1. The third-order valence-electron chi connectivity index (χ3n) is 5.34. The van der Waals surface area contributed by atoms with Crippen molar-refractivity contribution in [1.82, 2.24) is 4.90 Å². The first kappa shape index (κ1) is 13.8. The number of aliphatic hydroxyl groups excluding tert-OH is 1. The highest BCUT2D eigenvalue weighted by Gasteiger charge is 2.55. The minimum atomic E-state index is -0.636. The van der Waals surface area contributed by atoms with Gasteiger partial charge in [0.05, 0.1) is 24.0 Å². The van der Waals surface area contributed by atoms with Crippen LogP contribution < -0.4 is 0 Å². The van der Waals surface area contributed by atoms with Crippen LogP contribution in [0.1, 0.15) is 45.4 Å². The molecular formula is C16H23NO3. The standard InChI is InChI=1S/C16H23NO3/c1-11-5-4-8-16(9-11,10-18)17-14(19)12-6-2-3-7-13(12)15(17)20/h2-3,11-13,18H,4-10H2,1H3/t11?,12-,13+,16?. The molecule has 20 heavy (non-hydrogen) atoms. The number of allylic oxidation sites excluding steroid dienone is 2. The Kier molecular flexibility index (Phi) is 3.44. The van der Waals surface area contributed by atoms with Crippen LogP contribution in [0.2, 0.25) is 0 Å². The van der Waals surface area contributed by atoms with Crippen LogP contribution in [-0.2, 0) is 9.59 Å². The van der Waals surface area contributed by atoms with E-state index in [9.17, 15) is 14.7 Å². The van der Waals surface area contributed by atoms with Crippen molar-refractivity contribution in [2.75, 3.05) is 6.61 Å². The molecular weight excluding hydrogens is 254 g/mol. The fraction of sp³-hybridized carbons (Fsp3) is 0.750. The van der Waals surface area contributed by atoms with E-state index in [1.165, 1.54) is 4.90 Å². The maximum absolute atomic E-state index is 12.7. The number of amides is 2. The summed E-state index contributed by atoms with van der Waals surface area (Å²) in [4.78, 5) is 26.8. The Morgan fingerprint density at radius 1 is 1.25 bits per heavy atom. The van der Waals surface area contributed by atoms with Gasteiger partial charge in [-0.3, -0.25) is 14.5 Å². The fourth-order valence-corrected chi connectivity index (χ4v) is 4.32. The molecule has 0 aromatic carbocycles. The maximum Gasteiger partial charge on any atom is 0.234 e. The van der Waals surface area contributed by atoms with E-state index < -0.39 is 5.54 Å². The van der Waals surface area contributed by atoms with Crippen molar-refractivity contribution < 1.29 is 14.7 Å². The van der Waals surface area contributed by atoms with Crippen LogP contribution in [0, 0.1) is 17.8 Å². The molecule has 3 rings (SSSR count). The molecule has 2 amide bonds. The summed E-state index contributed by atoms with van der Waals surface area (Å²) in [7, 11) is 0. The Hall–Kier alpha value is -1.16. The number of nitrogens with zero attached hydrogens (tertiary/aromatic N) is 1. The molecule has 4 heteroatoms. The molecule has 4 atom stereocenters. The second-order valence-electron chi connectivity index (χ2n) is 6.75. The molecule has 0 aromatic heterocycles. The van der Waals surface area contributed by atoms with Crippen LogP contribution in [0.3, 0.4) is 0 Å². The zero-order chi connectivity index (χ0) is 14.3. The summed E-state index contributed by atoms with van der Waals surface area (Å²) in [6, 6.07) is 0. The first-order valence-electron chi connectivity index (χ1n) is 7.73. The van der Waals surface area contributed by atoms with Crippen LogP contribution in [0.5, 0.6) is 0 Å². The number of carbonyl (C=O) groups is 2. The van der Waals surface area contributed by atoms with Crippen molar-refractivity contribution in [1.29, 1.82) is 0 Å². The van der Waals surface area contributed by atoms with Crippen molar-refractivity contribution in [2.24, 2.45) is 17.8 Å². The van der Waals surface area contributed by atoms with Crippen LogP contribution in [0.15, 0.2) is 12.2 Å². The topological polar surface area (TPSA) is 57.6 Å². The number of likely N-dealkylation sites (tertiary alicyclic amines) is 1. The molecule has 3 aliphatic rings. The fourth-order valence-electron chi connectivity index (χ4n) is 4.32. The summed E-state index contributed by atoms with van der Waals surface area (Å²) in [5.41, 5.74) is -0.636. The first-order valence-corrected chi connectivity index (χ1v) is 7.73. The second kappa shape index (κ2) is 4.99. The molecule has 4 nitrogen and oxygen atoms in total. The van der Waals surface area contributed by atoms with E-state index in [2.05, 4.69) is 6.92 Å². The van der Waals surface area contributed by atoms with E-state index in [0.717, 1.165) is 25.7 Å². The van der Waals surface area contributed by atoms with Crippen molar-refractivity contribution in [2.45, 2.75) is 51.0 Å². The Morgan fingerprint density at radius 2 is 1.85 bits per heavy atom. The van der Waals surface area contributed by atoms with Gasteiger partial charge < -0.3 is 5.11 Å². The van der Waals surface area contributed by atoms with Gasteiger partial charge in [0, 0.05) is 0 Å². The molecule has 1 saturated heterocycles. The second-order valence-corrected chi connectivity index (χ2v) is 6.75. The van der Waals surface area contributed by atoms with Gasteiger partial charge in [0.2, 0.25) is 11.8 Å². The minimum absolute atomic E-state index is 0.0486. The van der Waals surface area contributed by atoms with Crippen molar-refractivity contribution in [3.8, 4) is 0 Å². The third kappa shape index (κ3) is 1.93. The number of aliphatic hydroxyl groups is 1. The lowest BCUT2D eigenvalue weighted by Gasteiger charge is -2.44. The number of carbonyl (C=O) groups excluding carboxylic acids is 2. The lowest BCUT2D eigenvalue weighted by Crippen LogP contribution is -2.57. The van der Waals surface area contributed by atoms with Gasteiger partial charge >= 0.3 is 0 Å². The molecule has 1 heterocycles. The molecule has 110 valence electrons. The minimum Gasteiger partial charge on any atom is -0.394 e. The van der Waals surface area contributed by atoms with Gasteiger partial charge in [-0.15, -0.1) is 0 Å². The molecule has 0 aromatic rings. The van der Waals surface area contributed by atoms with Crippen molar-refractivity contribution in [3.05, 3.63) is 12.2 Å². The van der Waals surface area contributed by atoms with Gasteiger partial charge in [-0.05, 0) is 31.6 Å². The summed E-state index contributed by atoms with van der Waals surface area (Å²) in [6.45, 7) is 2.05. The Labute approximate surface area is 119 Å². The Balaban J connectivity index is 1.92. The van der Waals surface area contributed by atoms with E-state index in [0.29, 0.717) is 18.8 Å². The molecule has 0 bridgehead atoms. The predicted octanol–water partition coefficient (Wildman–Crippen LogP) is 1.88. The summed E-state index contributed by atoms with van der Waals surface area (Å²) >= 11 is 0. The quantitative estimate of drug-likeness (QED) is 0.619. The highest BCUT2D eigenvalue weighted by molar-refractivity contribution is 6.06. The molecule has 2 unspecified atom stereocenters. The highest BCUT2D eigenvalue weighted by Crippen LogP contribution is 2.44. The van der Waals surface area contributed by atoms with Crippen LogP contribution in [-0.4, -0.2) is 34.0 Å². The smallest absolute Gasteiger partial charge is 0.234 e. The normalized spacial score (nSPS) is 41.1. The summed E-state index contributed by atoms with van der Waals surface area (Å²) in [5, 5.41) is 9.93. The summed E-state index contributed by atoms with van der Waals surface area (Å²) in [5.74, 6) is -0.0152. The summed E-state index contributed by atoms with van der Waals surface area (Å²) < 4.78 is 0. The van der Waals surface area contributed by atoms with Crippen LogP contribution in [0.25, 0.3) is 0 Å². The highest BCUT2D eigenvalue weighted by atomic mass is 16.3. The molecule has 2 fully saturated rings. The van der Waals surface area contributed by atoms with Gasteiger partial charge in [-0.1, -0.05) is 31.9 Å². The maximum atomic E-state index is 12.7. The van der Waals surface area contributed by atoms with E-state index in [1.807, 2.05) is 12.2 Å². The zero-order valence-electron chi connectivity index (χ0n) is 12.0. The van der Waals surface area contributed by atoms with Crippen LogP contribution in [0.4, 0.5) is 0 Å². The zero-order valence-corrected chi connectivity index (χ0v) is 12.0. The van der Waals surface area contributed by atoms with Crippen LogP contribution >= 0.6 is 0 Å². The molecule has 2 aliphatic carbocycles. The largest absolute Gasteiger partial charge is 0.394 e. The molecule has 1 saturated carbocycles. The van der Waals surface area contributed by atoms with E-state index in [-0.39, 0.29) is 30.3 Å². The van der Waals surface area contributed by atoms with Gasteiger partial charge in [-0.25, -0.2) is 0 Å². The molecule has 1 N–H and O–H groups in total. The average Bonchev–Trinajstić information content (AvgIpc) is 2.72. The number of hydrogen-bond acceptors (Lipinski definition) is 3. The first-order chi connectivity index (χ1) is 9.59. The Bertz CT molecular complexity index is 433. The van der Waals surface area contributed by atoms with E-state index >= 15 is 0 Å². The van der Waals surface area contributed by atoms with Gasteiger partial charge in [0.15, 0.2) is 0 Å². The van der Waals surface area contributed by atoms with Gasteiger partial charge in [0.25, 0.3) is 0 Å². The molecule has 0 spiro atoms. The van der Waals surface area contributed by atoms with Gasteiger partial charge in [-0.2, -0.15) is 0 Å². The third-order valence-corrected chi connectivity index (χ3v) is 5.34. The average molecular weight is 277 g/mol. The lowest BCUT2D eigenvalue weighted by atomic mass is 9.75. The molecule has 0 radical (unpaired) electrons. The van der Waals surface area contributed by atoms with E-state index in [4.69, 9.17) is 0 Å². The Morgan fingerprint density at radius 3 is 2.35 bits per heavy atom.